The highest BCUT2D eigenvalue weighted by molar-refractivity contribution is 7.85. The number of nitrogens with two attached hydrogens (primary N) is 1. The molecule has 0 fully saturated rings. The van der Waals surface area contributed by atoms with Gasteiger partial charge in [-0.15, -0.1) is 0 Å². The van der Waals surface area contributed by atoms with Gasteiger partial charge in [0.2, 0.25) is 0 Å². The summed E-state index contributed by atoms with van der Waals surface area (Å²) >= 11 is 0. The molecule has 1 heterocycles. The second-order valence-electron chi connectivity index (χ2n) is 5.84. The van der Waals surface area contributed by atoms with Gasteiger partial charge in [-0.3, -0.25) is 14.2 Å². The Bertz CT molecular complexity index is 957. The maximum absolute atomic E-state index is 13.0. The van der Waals surface area contributed by atoms with Gasteiger partial charge in [0.25, 0.3) is 16.0 Å². The fourth-order valence-corrected chi connectivity index (χ4v) is 3.56. The largest absolute Gasteiger partial charge is 0.369 e. The van der Waals surface area contributed by atoms with Crippen molar-refractivity contribution in [2.45, 2.75) is 11.3 Å². The first-order valence-corrected chi connectivity index (χ1v) is 9.08. The quantitative estimate of drug-likeness (QED) is 0.794. The van der Waals surface area contributed by atoms with Crippen LogP contribution in [0.25, 0.3) is 0 Å². The van der Waals surface area contributed by atoms with E-state index in [9.17, 15) is 13.2 Å². The molecule has 8 heteroatoms. The minimum atomic E-state index is -4.19. The van der Waals surface area contributed by atoms with Crippen LogP contribution in [-0.4, -0.2) is 36.8 Å². The van der Waals surface area contributed by atoms with Crippen LogP contribution >= 0.6 is 0 Å². The van der Waals surface area contributed by atoms with Gasteiger partial charge in [0.05, 0.1) is 0 Å². The summed E-state index contributed by atoms with van der Waals surface area (Å²) in [6.45, 7) is 0. The monoisotopic (exact) mass is 359 g/mol. The van der Waals surface area contributed by atoms with Gasteiger partial charge in [-0.1, -0.05) is 54.6 Å². The highest BCUT2D eigenvalue weighted by Crippen LogP contribution is 2.39. The Morgan fingerprint density at radius 2 is 1.76 bits per heavy atom. The number of nitrogens with zero attached hydrogens (tertiary/aromatic N) is 2. The third-order valence-electron chi connectivity index (χ3n) is 4.13. The van der Waals surface area contributed by atoms with Crippen molar-refractivity contribution >= 4 is 22.0 Å². The molecule has 0 saturated carbocycles. The minimum Gasteiger partial charge on any atom is -0.369 e. The highest BCUT2D eigenvalue weighted by Gasteiger charge is 2.49. The van der Waals surface area contributed by atoms with Crippen molar-refractivity contribution in [3.63, 3.8) is 0 Å². The summed E-state index contributed by atoms with van der Waals surface area (Å²) in [5.74, 6) is -0.802. The maximum atomic E-state index is 13.0. The van der Waals surface area contributed by atoms with Crippen LogP contribution in [0.1, 0.15) is 16.7 Å². The normalized spacial score (nSPS) is 20.6. The van der Waals surface area contributed by atoms with Gasteiger partial charge in [-0.05, 0) is 16.7 Å². The number of benzene rings is 2. The molecule has 1 aliphatic rings. The molecular formula is C17H17N3O4S. The van der Waals surface area contributed by atoms with Crippen molar-refractivity contribution in [2.75, 3.05) is 7.05 Å². The first kappa shape index (κ1) is 17.1. The van der Waals surface area contributed by atoms with E-state index in [1.54, 1.807) is 48.5 Å². The smallest absolute Gasteiger partial charge is 0.269 e. The summed E-state index contributed by atoms with van der Waals surface area (Å²) < 4.78 is 31.5. The van der Waals surface area contributed by atoms with Crippen molar-refractivity contribution in [1.82, 2.24) is 4.90 Å². The van der Waals surface area contributed by atoms with E-state index in [1.165, 1.54) is 11.9 Å². The number of hydrogen-bond acceptors (Lipinski definition) is 5. The van der Waals surface area contributed by atoms with E-state index in [-0.39, 0.29) is 11.9 Å². The van der Waals surface area contributed by atoms with Crippen molar-refractivity contribution in [1.29, 1.82) is 0 Å². The van der Waals surface area contributed by atoms with Crippen LogP contribution in [0.2, 0.25) is 0 Å². The lowest BCUT2D eigenvalue weighted by Gasteiger charge is -2.26. The zero-order valence-electron chi connectivity index (χ0n) is 13.5. The number of carbonyl (C=O) groups excluding carboxylic acids is 1. The first-order valence-electron chi connectivity index (χ1n) is 7.47. The summed E-state index contributed by atoms with van der Waals surface area (Å²) in [5, 5.41) is 0. The Hall–Kier alpha value is -2.71. The molecule has 7 nitrogen and oxygen atoms in total. The molecule has 0 bridgehead atoms. The van der Waals surface area contributed by atoms with Gasteiger partial charge in [0, 0.05) is 7.05 Å². The van der Waals surface area contributed by atoms with Crippen molar-refractivity contribution in [3.8, 4) is 0 Å². The van der Waals surface area contributed by atoms with E-state index in [0.717, 1.165) is 0 Å². The molecule has 0 spiro atoms. The molecule has 25 heavy (non-hydrogen) atoms. The average molecular weight is 359 g/mol. The molecule has 2 aromatic carbocycles. The highest BCUT2D eigenvalue weighted by atomic mass is 32.2. The van der Waals surface area contributed by atoms with Crippen molar-refractivity contribution in [3.05, 3.63) is 71.3 Å². The van der Waals surface area contributed by atoms with Crippen LogP contribution in [-0.2, 0) is 26.2 Å². The van der Waals surface area contributed by atoms with Gasteiger partial charge < -0.3 is 5.73 Å². The molecule has 0 aromatic heterocycles. The van der Waals surface area contributed by atoms with Crippen LogP contribution in [0, 0.1) is 0 Å². The van der Waals surface area contributed by atoms with Crippen LogP contribution in [0.4, 0.5) is 0 Å². The molecule has 2 aromatic rings. The van der Waals surface area contributed by atoms with Crippen LogP contribution in [0.5, 0.6) is 0 Å². The van der Waals surface area contributed by atoms with E-state index in [4.69, 9.17) is 10.3 Å². The molecule has 0 radical (unpaired) electrons. The number of likely N-dealkylation sites (N-methyl/N-ethyl adjacent to an activating group) is 1. The fraction of sp³-hybridized carbons (Fsp3) is 0.176. The lowest BCUT2D eigenvalue weighted by molar-refractivity contribution is -0.129. The lowest BCUT2D eigenvalue weighted by atomic mass is 9.82. The zero-order valence-corrected chi connectivity index (χ0v) is 14.3. The third kappa shape index (κ3) is 3.01. The molecular weight excluding hydrogens is 342 g/mol. The Morgan fingerprint density at radius 3 is 2.32 bits per heavy atom. The number of rotatable bonds is 4. The summed E-state index contributed by atoms with van der Waals surface area (Å²) in [4.78, 5) is 18.7. The van der Waals surface area contributed by atoms with Crippen LogP contribution in [0.15, 0.2) is 59.6 Å². The molecule has 1 unspecified atom stereocenters. The summed E-state index contributed by atoms with van der Waals surface area (Å²) in [5.41, 5.74) is 5.96. The molecule has 1 aliphatic heterocycles. The van der Waals surface area contributed by atoms with E-state index >= 15 is 0 Å². The molecule has 3 N–H and O–H groups in total. The number of carbonyl (C=O) groups is 1. The van der Waals surface area contributed by atoms with E-state index in [2.05, 4.69) is 4.99 Å². The molecule has 3 rings (SSSR count). The third-order valence-corrected chi connectivity index (χ3v) is 4.82. The first-order chi connectivity index (χ1) is 11.7. The predicted molar refractivity (Wildman–Crippen MR) is 93.3 cm³/mol. The SMILES string of the molecule is CN1C(=O)C(c2ccccc2)(c2cccc(CS(=O)(=O)O)c2)N=C1N. The maximum Gasteiger partial charge on any atom is 0.269 e. The predicted octanol–water partition coefficient (Wildman–Crippen LogP) is 1.10. The van der Waals surface area contributed by atoms with Gasteiger partial charge in [-0.2, -0.15) is 8.42 Å². The topological polar surface area (TPSA) is 113 Å². The number of guanidine groups is 1. The minimum absolute atomic E-state index is 0.0778. The Kier molecular flexibility index (Phi) is 4.09. The Balaban J connectivity index is 2.22. The molecule has 0 saturated heterocycles. The number of aliphatic imine (C=N–C) groups is 1. The van der Waals surface area contributed by atoms with Crippen molar-refractivity contribution in [2.24, 2.45) is 10.7 Å². The number of hydrogen-bond donors (Lipinski definition) is 2. The summed E-state index contributed by atoms with van der Waals surface area (Å²) in [6, 6.07) is 15.4. The lowest BCUT2D eigenvalue weighted by Crippen LogP contribution is -2.41. The van der Waals surface area contributed by atoms with Gasteiger partial charge in [-0.25, -0.2) is 4.99 Å². The Labute approximate surface area is 145 Å². The van der Waals surface area contributed by atoms with Gasteiger partial charge >= 0.3 is 0 Å². The second kappa shape index (κ2) is 5.98. The van der Waals surface area contributed by atoms with Gasteiger partial charge in [0.1, 0.15) is 5.75 Å². The van der Waals surface area contributed by atoms with Crippen molar-refractivity contribution < 1.29 is 17.8 Å². The van der Waals surface area contributed by atoms with Crippen LogP contribution < -0.4 is 5.73 Å². The molecule has 0 aliphatic carbocycles. The summed E-state index contributed by atoms with van der Waals surface area (Å²) in [6.07, 6.45) is 0. The zero-order chi connectivity index (χ0) is 18.2. The van der Waals surface area contributed by atoms with E-state index < -0.39 is 21.4 Å². The summed E-state index contributed by atoms with van der Waals surface area (Å²) in [7, 11) is -2.66. The van der Waals surface area contributed by atoms with E-state index in [0.29, 0.717) is 16.7 Å². The van der Waals surface area contributed by atoms with E-state index in [1.807, 2.05) is 6.07 Å². The fourth-order valence-electron chi connectivity index (χ4n) is 2.96. The number of amides is 1. The van der Waals surface area contributed by atoms with Gasteiger partial charge in [0.15, 0.2) is 11.5 Å². The standard InChI is InChI=1S/C17H17N3O4S/c1-20-15(21)17(19-16(20)18,13-7-3-2-4-8-13)14-9-5-6-12(10-14)11-25(22,23)24/h2-10H,11H2,1H3,(H2,18,19)(H,22,23,24). The Morgan fingerprint density at radius 1 is 1.12 bits per heavy atom. The second-order valence-corrected chi connectivity index (χ2v) is 7.29. The average Bonchev–Trinajstić information content (AvgIpc) is 2.79. The molecule has 1 atom stereocenters. The molecule has 1 amide bonds. The van der Waals surface area contributed by atoms with Crippen LogP contribution in [0.3, 0.4) is 0 Å². The molecule has 130 valence electrons.